The highest BCUT2D eigenvalue weighted by Gasteiger charge is 2.28. The van der Waals surface area contributed by atoms with E-state index in [2.05, 4.69) is 22.0 Å². The van der Waals surface area contributed by atoms with E-state index in [0.717, 1.165) is 45.8 Å². The Hall–Kier alpha value is -0.650. The molecule has 3 atom stereocenters. The highest BCUT2D eigenvalue weighted by atomic mass is 16.5. The number of carbonyl (C=O) groups excluding carboxylic acids is 1. The summed E-state index contributed by atoms with van der Waals surface area (Å²) in [6.45, 7) is 8.81. The van der Waals surface area contributed by atoms with Gasteiger partial charge in [-0.1, -0.05) is 26.2 Å². The van der Waals surface area contributed by atoms with Crippen molar-refractivity contribution in [1.82, 2.24) is 15.1 Å². The molecule has 5 heteroatoms. The summed E-state index contributed by atoms with van der Waals surface area (Å²) in [5, 5.41) is 3.33. The zero-order chi connectivity index (χ0) is 16.8. The molecule has 5 nitrogen and oxygen atoms in total. The number of rotatable bonds is 5. The Bertz CT molecular complexity index is 398. The van der Waals surface area contributed by atoms with Gasteiger partial charge in [0.25, 0.3) is 0 Å². The number of amides is 1. The first-order valence-corrected chi connectivity index (χ1v) is 10.1. The highest BCUT2D eigenvalue weighted by molar-refractivity contribution is 5.78. The van der Waals surface area contributed by atoms with Crippen molar-refractivity contribution in [2.24, 2.45) is 5.92 Å². The number of piperidine rings is 1. The van der Waals surface area contributed by atoms with Gasteiger partial charge in [0.1, 0.15) is 0 Å². The maximum absolute atomic E-state index is 12.6. The van der Waals surface area contributed by atoms with Crippen LogP contribution in [0.15, 0.2) is 0 Å². The van der Waals surface area contributed by atoms with Crippen molar-refractivity contribution in [3.63, 3.8) is 0 Å². The minimum atomic E-state index is 0.239. The largest absolute Gasteiger partial charge is 0.379 e. The molecule has 1 aliphatic carbocycles. The van der Waals surface area contributed by atoms with E-state index in [1.807, 2.05) is 0 Å². The second-order valence-corrected chi connectivity index (χ2v) is 7.97. The number of ether oxygens (including phenoxy) is 1. The normalized spacial score (nSPS) is 33.3. The number of nitrogens with one attached hydrogen (secondary N) is 1. The molecule has 24 heavy (non-hydrogen) atoms. The minimum Gasteiger partial charge on any atom is -0.379 e. The number of hydrogen-bond donors (Lipinski definition) is 1. The summed E-state index contributed by atoms with van der Waals surface area (Å²) in [6.07, 6.45) is 8.75. The number of morpholine rings is 1. The quantitative estimate of drug-likeness (QED) is 0.832. The van der Waals surface area contributed by atoms with Gasteiger partial charge in [-0.2, -0.15) is 0 Å². The molecule has 3 fully saturated rings. The van der Waals surface area contributed by atoms with Crippen LogP contribution in [0.4, 0.5) is 0 Å². The zero-order valence-electron chi connectivity index (χ0n) is 15.3. The molecular weight excluding hydrogens is 302 g/mol. The van der Waals surface area contributed by atoms with Gasteiger partial charge in [-0.05, 0) is 38.1 Å². The second kappa shape index (κ2) is 9.16. The topological polar surface area (TPSA) is 44.8 Å². The summed E-state index contributed by atoms with van der Waals surface area (Å²) in [4.78, 5) is 17.5. The van der Waals surface area contributed by atoms with E-state index in [9.17, 15) is 4.79 Å². The van der Waals surface area contributed by atoms with Crippen LogP contribution in [0.3, 0.4) is 0 Å². The van der Waals surface area contributed by atoms with Gasteiger partial charge in [0.05, 0.1) is 19.8 Å². The molecule has 1 N–H and O–H groups in total. The van der Waals surface area contributed by atoms with Gasteiger partial charge in [0, 0.05) is 31.7 Å². The van der Waals surface area contributed by atoms with Crippen molar-refractivity contribution in [1.29, 1.82) is 0 Å². The molecule has 0 spiro atoms. The molecule has 2 heterocycles. The van der Waals surface area contributed by atoms with Crippen molar-refractivity contribution >= 4 is 5.91 Å². The fourth-order valence-corrected chi connectivity index (χ4v) is 4.52. The predicted molar refractivity (Wildman–Crippen MR) is 96.0 cm³/mol. The summed E-state index contributed by atoms with van der Waals surface area (Å²) < 4.78 is 5.46. The number of carbonyl (C=O) groups is 1. The summed E-state index contributed by atoms with van der Waals surface area (Å²) in [7, 11) is 0. The molecule has 0 aromatic rings. The fourth-order valence-electron chi connectivity index (χ4n) is 4.52. The van der Waals surface area contributed by atoms with Crippen molar-refractivity contribution < 1.29 is 9.53 Å². The minimum absolute atomic E-state index is 0.239. The van der Waals surface area contributed by atoms with Crippen LogP contribution in [0, 0.1) is 5.92 Å². The molecule has 0 bridgehead atoms. The van der Waals surface area contributed by atoms with E-state index in [0.29, 0.717) is 24.5 Å². The Morgan fingerprint density at radius 3 is 2.58 bits per heavy atom. The Labute approximate surface area is 147 Å². The van der Waals surface area contributed by atoms with Gasteiger partial charge in [-0.25, -0.2) is 0 Å². The molecule has 0 radical (unpaired) electrons. The molecule has 0 unspecified atom stereocenters. The second-order valence-electron chi connectivity index (χ2n) is 7.97. The molecular formula is C19H35N3O2. The zero-order valence-corrected chi connectivity index (χ0v) is 15.3. The SMILES string of the molecule is C[C@@H]1CCCC[C@H]1NC(=O)CN1CCCC[C@H]1CN1CCOCC1. The fraction of sp³-hybridized carbons (Fsp3) is 0.947. The first-order chi connectivity index (χ1) is 11.7. The van der Waals surface area contributed by atoms with E-state index in [1.165, 1.54) is 38.5 Å². The summed E-state index contributed by atoms with van der Waals surface area (Å²) in [6, 6.07) is 0.931. The molecule has 0 aromatic carbocycles. The van der Waals surface area contributed by atoms with Gasteiger partial charge in [0.2, 0.25) is 5.91 Å². The van der Waals surface area contributed by atoms with Gasteiger partial charge in [0.15, 0.2) is 0 Å². The highest BCUT2D eigenvalue weighted by Crippen LogP contribution is 2.24. The molecule has 138 valence electrons. The molecule has 3 rings (SSSR count). The van der Waals surface area contributed by atoms with E-state index in [-0.39, 0.29) is 5.91 Å². The molecule has 1 amide bonds. The molecule has 2 saturated heterocycles. The van der Waals surface area contributed by atoms with Gasteiger partial charge >= 0.3 is 0 Å². The smallest absolute Gasteiger partial charge is 0.234 e. The first kappa shape index (κ1) is 18.2. The third-order valence-corrected chi connectivity index (χ3v) is 6.13. The van der Waals surface area contributed by atoms with Crippen LogP contribution >= 0.6 is 0 Å². The van der Waals surface area contributed by atoms with Crippen LogP contribution in [0.5, 0.6) is 0 Å². The van der Waals surface area contributed by atoms with Gasteiger partial charge in [-0.3, -0.25) is 14.6 Å². The molecule has 2 aliphatic heterocycles. The third-order valence-electron chi connectivity index (χ3n) is 6.13. The lowest BCUT2D eigenvalue weighted by atomic mass is 9.86. The van der Waals surface area contributed by atoms with Crippen molar-refractivity contribution in [3.8, 4) is 0 Å². The standard InChI is InChI=1S/C19H35N3O2/c1-16-6-2-3-8-18(16)20-19(23)15-22-9-5-4-7-17(22)14-21-10-12-24-13-11-21/h16-18H,2-15H2,1H3,(H,20,23)/t16-,17+,18-/m1/s1. The lowest BCUT2D eigenvalue weighted by molar-refractivity contribution is -0.124. The van der Waals surface area contributed by atoms with Crippen LogP contribution in [0.1, 0.15) is 51.9 Å². The van der Waals surface area contributed by atoms with Crippen LogP contribution < -0.4 is 5.32 Å². The number of likely N-dealkylation sites (tertiary alicyclic amines) is 1. The van der Waals surface area contributed by atoms with Crippen LogP contribution in [-0.2, 0) is 9.53 Å². The summed E-state index contributed by atoms with van der Waals surface area (Å²) in [5.41, 5.74) is 0. The lowest BCUT2D eigenvalue weighted by Gasteiger charge is -2.39. The Balaban J connectivity index is 1.48. The van der Waals surface area contributed by atoms with E-state index >= 15 is 0 Å². The summed E-state index contributed by atoms with van der Waals surface area (Å²) in [5.74, 6) is 0.871. The van der Waals surface area contributed by atoms with E-state index < -0.39 is 0 Å². The average molecular weight is 338 g/mol. The number of hydrogen-bond acceptors (Lipinski definition) is 4. The van der Waals surface area contributed by atoms with Gasteiger partial charge < -0.3 is 10.1 Å². The maximum Gasteiger partial charge on any atom is 0.234 e. The van der Waals surface area contributed by atoms with Crippen molar-refractivity contribution in [2.45, 2.75) is 64.0 Å². The van der Waals surface area contributed by atoms with Crippen molar-refractivity contribution in [2.75, 3.05) is 45.9 Å². The first-order valence-electron chi connectivity index (χ1n) is 10.1. The maximum atomic E-state index is 12.6. The predicted octanol–water partition coefficient (Wildman–Crippen LogP) is 1.87. The van der Waals surface area contributed by atoms with Crippen LogP contribution in [0.25, 0.3) is 0 Å². The van der Waals surface area contributed by atoms with Crippen LogP contribution in [0.2, 0.25) is 0 Å². The lowest BCUT2D eigenvalue weighted by Crippen LogP contribution is -2.53. The van der Waals surface area contributed by atoms with E-state index in [1.54, 1.807) is 0 Å². The molecule has 3 aliphatic rings. The monoisotopic (exact) mass is 337 g/mol. The third kappa shape index (κ3) is 5.17. The molecule has 1 saturated carbocycles. The Kier molecular flexibility index (Phi) is 6.93. The Morgan fingerprint density at radius 2 is 1.79 bits per heavy atom. The molecule has 0 aromatic heterocycles. The van der Waals surface area contributed by atoms with Gasteiger partial charge in [-0.15, -0.1) is 0 Å². The van der Waals surface area contributed by atoms with E-state index in [4.69, 9.17) is 4.74 Å². The van der Waals surface area contributed by atoms with Crippen molar-refractivity contribution in [3.05, 3.63) is 0 Å². The average Bonchev–Trinajstić information content (AvgIpc) is 2.60. The summed E-state index contributed by atoms with van der Waals surface area (Å²) >= 11 is 0. The van der Waals surface area contributed by atoms with Crippen LogP contribution in [-0.4, -0.2) is 73.7 Å². The number of nitrogens with zero attached hydrogens (tertiary/aromatic N) is 2. The Morgan fingerprint density at radius 1 is 1.04 bits per heavy atom.